The van der Waals surface area contributed by atoms with Crippen molar-refractivity contribution in [3.8, 4) is 23.0 Å². The number of nitrogens with zero attached hydrogens (tertiary/aromatic N) is 1. The number of ether oxygens (including phenoxy) is 4. The van der Waals surface area contributed by atoms with E-state index >= 15 is 0 Å². The van der Waals surface area contributed by atoms with Gasteiger partial charge in [-0.3, -0.25) is 0 Å². The van der Waals surface area contributed by atoms with E-state index in [9.17, 15) is 4.79 Å². The molecule has 7 heteroatoms. The molecular weight excluding hydrogens is 530 g/mol. The molecule has 1 fully saturated rings. The molecule has 1 aromatic heterocycles. The average Bonchev–Trinajstić information content (AvgIpc) is 3.01. The van der Waals surface area contributed by atoms with Crippen molar-refractivity contribution in [3.63, 3.8) is 0 Å². The summed E-state index contributed by atoms with van der Waals surface area (Å²) in [5, 5.41) is 0.738. The molecule has 5 rings (SSSR count). The van der Waals surface area contributed by atoms with Crippen molar-refractivity contribution in [2.45, 2.75) is 38.7 Å². The monoisotopic (exact) mass is 569 g/mol. The van der Waals surface area contributed by atoms with E-state index in [0.29, 0.717) is 29.3 Å². The fourth-order valence-electron chi connectivity index (χ4n) is 5.42. The van der Waals surface area contributed by atoms with Gasteiger partial charge in [0.1, 0.15) is 30.3 Å². The number of hydrogen-bond donors (Lipinski definition) is 0. The van der Waals surface area contributed by atoms with E-state index < -0.39 is 5.63 Å². The molecule has 0 bridgehead atoms. The molecular formula is C35H39NO6. The Kier molecular flexibility index (Phi) is 9.49. The normalized spacial score (nSPS) is 13.3. The van der Waals surface area contributed by atoms with Crippen molar-refractivity contribution < 1.29 is 23.4 Å². The number of benzene rings is 3. The highest BCUT2D eigenvalue weighted by atomic mass is 16.5. The maximum atomic E-state index is 12.3. The van der Waals surface area contributed by atoms with Crippen LogP contribution in [0.2, 0.25) is 0 Å². The van der Waals surface area contributed by atoms with Crippen LogP contribution in [0, 0.1) is 0 Å². The van der Waals surface area contributed by atoms with Crippen LogP contribution < -0.4 is 24.6 Å². The quantitative estimate of drug-likeness (QED) is 0.179. The van der Waals surface area contributed by atoms with E-state index in [1.54, 1.807) is 26.4 Å². The van der Waals surface area contributed by atoms with Gasteiger partial charge in [-0.25, -0.2) is 4.79 Å². The second-order valence-electron chi connectivity index (χ2n) is 10.8. The first-order chi connectivity index (χ1) is 20.4. The standard InChI is InChI=1S/C35H39NO6/c1-36(2)18-19-40-28-14-10-25(11-15-28)35(24-8-6-5-7-9-24)26-12-16-29(17-13-26)41-23-27-20-34(37)42-31-22-33(39-4)32(38-3)21-30(27)31/h10-17,20-22H,5-9,18-19,23H2,1-4H3. The van der Waals surface area contributed by atoms with Gasteiger partial charge in [0.15, 0.2) is 11.5 Å². The van der Waals surface area contributed by atoms with E-state index in [0.717, 1.165) is 36.3 Å². The third-order valence-corrected chi connectivity index (χ3v) is 7.63. The lowest BCUT2D eigenvalue weighted by Crippen LogP contribution is -2.19. The number of methoxy groups -OCH3 is 2. The largest absolute Gasteiger partial charge is 0.493 e. The SMILES string of the molecule is COc1cc2oc(=O)cc(COc3ccc(C(=C4CCCCC4)c4ccc(OCCN(C)C)cc4)cc3)c2cc1OC. The molecule has 4 aromatic rings. The smallest absolute Gasteiger partial charge is 0.336 e. The molecule has 1 aliphatic rings. The van der Waals surface area contributed by atoms with E-state index in [4.69, 9.17) is 23.4 Å². The van der Waals surface area contributed by atoms with Crippen molar-refractivity contribution in [2.75, 3.05) is 41.5 Å². The second-order valence-corrected chi connectivity index (χ2v) is 10.8. The zero-order chi connectivity index (χ0) is 29.5. The Morgan fingerprint density at radius 1 is 0.786 bits per heavy atom. The van der Waals surface area contributed by atoms with Crippen molar-refractivity contribution in [1.29, 1.82) is 0 Å². The van der Waals surface area contributed by atoms with Crippen LogP contribution in [0.3, 0.4) is 0 Å². The second kappa shape index (κ2) is 13.6. The zero-order valence-corrected chi connectivity index (χ0v) is 24.9. The van der Waals surface area contributed by atoms with Gasteiger partial charge in [-0.05, 0) is 86.8 Å². The number of allylic oxidation sites excluding steroid dienone is 1. The average molecular weight is 570 g/mol. The molecule has 1 heterocycles. The maximum Gasteiger partial charge on any atom is 0.336 e. The van der Waals surface area contributed by atoms with Gasteiger partial charge >= 0.3 is 5.63 Å². The summed E-state index contributed by atoms with van der Waals surface area (Å²) in [6.45, 7) is 1.75. The lowest BCUT2D eigenvalue weighted by Gasteiger charge is -2.21. The van der Waals surface area contributed by atoms with E-state index in [-0.39, 0.29) is 6.61 Å². The Hall–Kier alpha value is -4.23. The van der Waals surface area contributed by atoms with Crippen LogP contribution in [0.15, 0.2) is 81.5 Å². The Morgan fingerprint density at radius 3 is 1.98 bits per heavy atom. The molecule has 7 nitrogen and oxygen atoms in total. The highest BCUT2D eigenvalue weighted by Crippen LogP contribution is 2.37. The number of fused-ring (bicyclic) bond motifs is 1. The van der Waals surface area contributed by atoms with Crippen LogP contribution >= 0.6 is 0 Å². The first-order valence-electron chi connectivity index (χ1n) is 14.5. The summed E-state index contributed by atoms with van der Waals surface area (Å²) in [6.07, 6.45) is 5.97. The minimum atomic E-state index is -0.443. The van der Waals surface area contributed by atoms with Crippen LogP contribution in [0.5, 0.6) is 23.0 Å². The topological polar surface area (TPSA) is 70.4 Å². The van der Waals surface area contributed by atoms with Crippen molar-refractivity contribution >= 4 is 16.5 Å². The summed E-state index contributed by atoms with van der Waals surface area (Å²) in [5.41, 5.74) is 5.87. The predicted octanol–water partition coefficient (Wildman–Crippen LogP) is 7.10. The highest BCUT2D eigenvalue weighted by molar-refractivity contribution is 5.84. The summed E-state index contributed by atoms with van der Waals surface area (Å²) in [7, 11) is 7.21. The Morgan fingerprint density at radius 2 is 1.38 bits per heavy atom. The molecule has 1 aliphatic carbocycles. The predicted molar refractivity (Wildman–Crippen MR) is 166 cm³/mol. The van der Waals surface area contributed by atoms with Crippen LogP contribution in [0.1, 0.15) is 48.8 Å². The minimum Gasteiger partial charge on any atom is -0.493 e. The van der Waals surface area contributed by atoms with Gasteiger partial charge in [0.25, 0.3) is 0 Å². The molecule has 220 valence electrons. The lowest BCUT2D eigenvalue weighted by molar-refractivity contribution is 0.261. The molecule has 0 atom stereocenters. The van der Waals surface area contributed by atoms with Crippen molar-refractivity contribution in [2.24, 2.45) is 0 Å². The maximum absolute atomic E-state index is 12.3. The first kappa shape index (κ1) is 29.3. The van der Waals surface area contributed by atoms with Crippen LogP contribution in [-0.2, 0) is 6.61 Å². The van der Waals surface area contributed by atoms with Gasteiger partial charge in [-0.15, -0.1) is 0 Å². The first-order valence-corrected chi connectivity index (χ1v) is 14.5. The fourth-order valence-corrected chi connectivity index (χ4v) is 5.42. The van der Waals surface area contributed by atoms with Gasteiger partial charge in [0, 0.05) is 29.6 Å². The number of rotatable bonds is 11. The summed E-state index contributed by atoms with van der Waals surface area (Å²) in [4.78, 5) is 14.4. The van der Waals surface area contributed by atoms with Gasteiger partial charge in [0.2, 0.25) is 0 Å². The molecule has 0 unspecified atom stereocenters. The summed E-state index contributed by atoms with van der Waals surface area (Å²) >= 11 is 0. The molecule has 3 aromatic carbocycles. The van der Waals surface area contributed by atoms with Crippen LogP contribution in [-0.4, -0.2) is 46.4 Å². The highest BCUT2D eigenvalue weighted by Gasteiger charge is 2.16. The van der Waals surface area contributed by atoms with Gasteiger partial charge < -0.3 is 28.3 Å². The van der Waals surface area contributed by atoms with Gasteiger partial charge in [0.05, 0.1) is 14.2 Å². The molecule has 0 radical (unpaired) electrons. The minimum absolute atomic E-state index is 0.208. The fraction of sp³-hybridized carbons (Fsp3) is 0.343. The number of hydrogen-bond acceptors (Lipinski definition) is 7. The molecule has 0 amide bonds. The summed E-state index contributed by atoms with van der Waals surface area (Å²) < 4.78 is 28.3. The third kappa shape index (κ3) is 6.97. The Labute approximate surface area is 247 Å². The summed E-state index contributed by atoms with van der Waals surface area (Å²) in [6, 6.07) is 21.6. The van der Waals surface area contributed by atoms with Crippen molar-refractivity contribution in [1.82, 2.24) is 4.90 Å². The van der Waals surface area contributed by atoms with E-state index in [1.807, 2.05) is 26.2 Å². The van der Waals surface area contributed by atoms with Gasteiger partial charge in [-0.2, -0.15) is 0 Å². The van der Waals surface area contributed by atoms with E-state index in [1.165, 1.54) is 47.6 Å². The molecule has 42 heavy (non-hydrogen) atoms. The van der Waals surface area contributed by atoms with Crippen LogP contribution in [0.4, 0.5) is 0 Å². The lowest BCUT2D eigenvalue weighted by atomic mass is 9.85. The summed E-state index contributed by atoms with van der Waals surface area (Å²) in [5.74, 6) is 2.66. The van der Waals surface area contributed by atoms with E-state index in [2.05, 4.69) is 41.3 Å². The number of likely N-dealkylation sites (N-methyl/N-ethyl adjacent to an activating group) is 1. The van der Waals surface area contributed by atoms with Gasteiger partial charge in [-0.1, -0.05) is 36.3 Å². The molecule has 1 saturated carbocycles. The third-order valence-electron chi connectivity index (χ3n) is 7.63. The molecule has 0 spiro atoms. The molecule has 0 N–H and O–H groups in total. The zero-order valence-electron chi connectivity index (χ0n) is 24.9. The molecule has 0 aliphatic heterocycles. The van der Waals surface area contributed by atoms with Crippen molar-refractivity contribution in [3.05, 3.63) is 99.4 Å². The Balaban J connectivity index is 1.37. The van der Waals surface area contributed by atoms with Crippen LogP contribution in [0.25, 0.3) is 16.5 Å². The Bertz CT molecular complexity index is 1580. The molecule has 0 saturated heterocycles.